The second kappa shape index (κ2) is 5.72. The third kappa shape index (κ3) is 3.10. The molecule has 0 saturated heterocycles. The Morgan fingerprint density at radius 1 is 1.08 bits per heavy atom. The average molecular weight is 352 g/mol. The number of nitrogens with zero attached hydrogens (tertiary/aromatic N) is 2. The molecule has 0 fully saturated rings. The van der Waals surface area contributed by atoms with Gasteiger partial charge in [-0.15, -0.1) is 10.2 Å². The van der Waals surface area contributed by atoms with E-state index in [1.54, 1.807) is 0 Å². The summed E-state index contributed by atoms with van der Waals surface area (Å²) in [6, 6.07) is 7.96. The van der Waals surface area contributed by atoms with Crippen LogP contribution in [0.3, 0.4) is 0 Å². The molecule has 0 spiro atoms. The van der Waals surface area contributed by atoms with E-state index in [2.05, 4.69) is 20.5 Å². The maximum Gasteiger partial charge on any atom is 0.442 e. The van der Waals surface area contributed by atoms with Crippen LogP contribution in [0.2, 0.25) is 0 Å². The van der Waals surface area contributed by atoms with E-state index in [0.29, 0.717) is 5.56 Å². The molecule has 7 nitrogen and oxygen atoms in total. The van der Waals surface area contributed by atoms with E-state index in [4.69, 9.17) is 5.11 Å². The van der Waals surface area contributed by atoms with E-state index in [1.165, 1.54) is 36.4 Å². The number of carboxylic acid groups (broad SMARTS) is 1. The van der Waals surface area contributed by atoms with Gasteiger partial charge in [-0.05, 0) is 17.7 Å². The summed E-state index contributed by atoms with van der Waals surface area (Å²) >= 11 is 0. The van der Waals surface area contributed by atoms with Crippen molar-refractivity contribution in [2.45, 2.75) is 18.4 Å². The van der Waals surface area contributed by atoms with Crippen molar-refractivity contribution in [2.75, 3.05) is 0 Å². The number of carbonyl (C=O) groups is 2. The van der Waals surface area contributed by atoms with Gasteiger partial charge in [0.1, 0.15) is 11.4 Å². The number of carbonyl (C=O) groups excluding carboxylic acids is 1. The Bertz CT molecular complexity index is 850. The molecule has 0 aliphatic carbocycles. The lowest BCUT2D eigenvalue weighted by Gasteiger charge is -2.15. The van der Waals surface area contributed by atoms with Gasteiger partial charge in [0.05, 0.1) is 0 Å². The number of hydrogen-bond donors (Lipinski definition) is 3. The third-order valence-corrected chi connectivity index (χ3v) is 3.67. The highest BCUT2D eigenvalue weighted by molar-refractivity contribution is 5.95. The first-order chi connectivity index (χ1) is 11.7. The molecule has 2 aromatic rings. The monoisotopic (exact) mass is 352 g/mol. The zero-order chi connectivity index (χ0) is 18.2. The number of H-pyrrole nitrogens is 1. The highest BCUT2D eigenvalue weighted by Crippen LogP contribution is 2.52. The molecule has 0 atom stereocenters. The first kappa shape index (κ1) is 16.7. The molecule has 1 aliphatic rings. The van der Waals surface area contributed by atoms with Crippen LogP contribution in [0.15, 0.2) is 46.6 Å². The minimum atomic E-state index is -4.59. The van der Waals surface area contributed by atoms with Gasteiger partial charge < -0.3 is 15.4 Å². The van der Waals surface area contributed by atoms with Crippen molar-refractivity contribution < 1.29 is 27.9 Å². The highest BCUT2D eigenvalue weighted by Gasteiger charge is 2.65. The minimum absolute atomic E-state index is 0.0633. The first-order valence-corrected chi connectivity index (χ1v) is 7.04. The van der Waals surface area contributed by atoms with Gasteiger partial charge in [-0.25, -0.2) is 4.79 Å². The Labute approximate surface area is 138 Å². The Morgan fingerprint density at radius 3 is 2.16 bits per heavy atom. The third-order valence-electron chi connectivity index (χ3n) is 3.67. The predicted octanol–water partition coefficient (Wildman–Crippen LogP) is 2.82. The lowest BCUT2D eigenvalue weighted by molar-refractivity contribution is -0.166. The van der Waals surface area contributed by atoms with E-state index in [0.717, 1.165) is 0 Å². The van der Waals surface area contributed by atoms with Crippen LogP contribution in [0.5, 0.6) is 0 Å². The van der Waals surface area contributed by atoms with Gasteiger partial charge in [-0.1, -0.05) is 24.3 Å². The number of carboxylic acids is 1. The molecular formula is C15H11F3N4O3. The van der Waals surface area contributed by atoms with Crippen LogP contribution in [-0.2, 0) is 12.2 Å². The summed E-state index contributed by atoms with van der Waals surface area (Å²) < 4.78 is 38.7. The molecule has 1 amide bonds. The van der Waals surface area contributed by atoms with Crippen molar-refractivity contribution in [2.24, 2.45) is 10.2 Å². The molecule has 0 radical (unpaired) electrons. The quantitative estimate of drug-likeness (QED) is 0.770. The van der Waals surface area contributed by atoms with E-state index in [-0.39, 0.29) is 23.5 Å². The van der Waals surface area contributed by atoms with E-state index < -0.39 is 23.7 Å². The maximum absolute atomic E-state index is 12.9. The van der Waals surface area contributed by atoms with Gasteiger partial charge in [0, 0.05) is 12.1 Å². The second-order valence-corrected chi connectivity index (χ2v) is 5.34. The number of benzene rings is 1. The van der Waals surface area contributed by atoms with Crippen LogP contribution >= 0.6 is 0 Å². The summed E-state index contributed by atoms with van der Waals surface area (Å²) in [7, 11) is 0. The highest BCUT2D eigenvalue weighted by atomic mass is 19.4. The standard InChI is InChI=1S/C15H11F3N4O3/c16-15(17,18)14(21-22-14)9-3-1-8(2-4-9)7-19-12(23)10-5-6-11(20-10)13(24)25/h1-6,20H,7H2,(H,19,23)(H,24,25). The summed E-state index contributed by atoms with van der Waals surface area (Å²) in [6.07, 6.45) is -4.59. The number of rotatable bonds is 5. The molecule has 1 aliphatic heterocycles. The fourth-order valence-electron chi connectivity index (χ4n) is 2.23. The van der Waals surface area contributed by atoms with Crippen molar-refractivity contribution in [3.63, 3.8) is 0 Å². The lowest BCUT2D eigenvalue weighted by atomic mass is 10.0. The number of halogens is 3. The Hall–Kier alpha value is -3.17. The molecule has 0 unspecified atom stereocenters. The molecule has 1 aromatic carbocycles. The summed E-state index contributed by atoms with van der Waals surface area (Å²) in [5.74, 6) is -1.72. The Morgan fingerprint density at radius 2 is 1.68 bits per heavy atom. The van der Waals surface area contributed by atoms with Gasteiger partial charge in [0.2, 0.25) is 0 Å². The number of aromatic carboxylic acids is 1. The molecule has 130 valence electrons. The zero-order valence-electron chi connectivity index (χ0n) is 12.5. The van der Waals surface area contributed by atoms with Crippen molar-refractivity contribution in [3.05, 3.63) is 58.9 Å². The molecule has 10 heteroatoms. The molecule has 2 heterocycles. The molecular weight excluding hydrogens is 341 g/mol. The van der Waals surface area contributed by atoms with E-state index in [1.807, 2.05) is 0 Å². The number of nitrogens with one attached hydrogen (secondary N) is 2. The SMILES string of the molecule is O=C(O)c1ccc(C(=O)NCc2ccc(C3(C(F)(F)F)N=N3)cc2)[nH]1. The largest absolute Gasteiger partial charge is 0.477 e. The van der Waals surface area contributed by atoms with Crippen LogP contribution in [0, 0.1) is 0 Å². The number of aromatic nitrogens is 1. The molecule has 3 N–H and O–H groups in total. The number of hydrogen-bond acceptors (Lipinski definition) is 4. The van der Waals surface area contributed by atoms with Crippen molar-refractivity contribution in [3.8, 4) is 0 Å². The molecule has 0 bridgehead atoms. The van der Waals surface area contributed by atoms with Gasteiger partial charge in [-0.3, -0.25) is 4.79 Å². The van der Waals surface area contributed by atoms with Crippen LogP contribution in [0.4, 0.5) is 13.2 Å². The van der Waals surface area contributed by atoms with Crippen LogP contribution < -0.4 is 5.32 Å². The van der Waals surface area contributed by atoms with Crippen LogP contribution in [0.25, 0.3) is 0 Å². The molecule has 25 heavy (non-hydrogen) atoms. The van der Waals surface area contributed by atoms with Gasteiger partial charge in [0.15, 0.2) is 0 Å². The fraction of sp³-hybridized carbons (Fsp3) is 0.200. The number of aromatic amines is 1. The van der Waals surface area contributed by atoms with Crippen LogP contribution in [0.1, 0.15) is 32.1 Å². The second-order valence-electron chi connectivity index (χ2n) is 5.34. The first-order valence-electron chi connectivity index (χ1n) is 7.04. The molecule has 3 rings (SSSR count). The van der Waals surface area contributed by atoms with Crippen molar-refractivity contribution >= 4 is 11.9 Å². The molecule has 0 saturated carbocycles. The van der Waals surface area contributed by atoms with Crippen molar-refractivity contribution in [1.82, 2.24) is 10.3 Å². The number of alkyl halides is 3. The Balaban J connectivity index is 1.62. The van der Waals surface area contributed by atoms with E-state index in [9.17, 15) is 22.8 Å². The Kier molecular flexibility index (Phi) is 3.82. The number of amides is 1. The summed E-state index contributed by atoms with van der Waals surface area (Å²) in [5.41, 5.74) is -2.04. The van der Waals surface area contributed by atoms with E-state index >= 15 is 0 Å². The van der Waals surface area contributed by atoms with Gasteiger partial charge >= 0.3 is 17.8 Å². The topological polar surface area (TPSA) is 107 Å². The lowest BCUT2D eigenvalue weighted by Crippen LogP contribution is -2.30. The fourth-order valence-corrected chi connectivity index (χ4v) is 2.23. The smallest absolute Gasteiger partial charge is 0.442 e. The predicted molar refractivity (Wildman–Crippen MR) is 78.0 cm³/mol. The normalized spacial score (nSPS) is 15.0. The van der Waals surface area contributed by atoms with Gasteiger partial charge in [0.25, 0.3) is 5.91 Å². The van der Waals surface area contributed by atoms with Crippen molar-refractivity contribution in [1.29, 1.82) is 0 Å². The van der Waals surface area contributed by atoms with Crippen LogP contribution in [-0.4, -0.2) is 28.1 Å². The zero-order valence-corrected chi connectivity index (χ0v) is 12.5. The van der Waals surface area contributed by atoms with Gasteiger partial charge in [-0.2, -0.15) is 13.2 Å². The summed E-state index contributed by atoms with van der Waals surface area (Å²) in [5, 5.41) is 17.6. The average Bonchev–Trinajstić information content (AvgIpc) is 3.23. The summed E-state index contributed by atoms with van der Waals surface area (Å²) in [6.45, 7) is 0.0633. The molecule has 1 aromatic heterocycles. The maximum atomic E-state index is 12.9. The minimum Gasteiger partial charge on any atom is -0.477 e. The summed E-state index contributed by atoms with van der Waals surface area (Å²) in [4.78, 5) is 25.1.